The number of allylic oxidation sites excluding steroid dienone is 1. The highest BCUT2D eigenvalue weighted by molar-refractivity contribution is 6.41. The van der Waals surface area contributed by atoms with Crippen LogP contribution in [0.15, 0.2) is 35.9 Å². The van der Waals surface area contributed by atoms with Crippen LogP contribution in [-0.4, -0.2) is 24.0 Å². The molecule has 0 amide bonds. The topological polar surface area (TPSA) is 74.0 Å². The molecule has 0 spiro atoms. The minimum atomic E-state index is -0.634. The Kier molecular flexibility index (Phi) is 4.45. The fraction of sp³-hybridized carbons (Fsp3) is 0.312. The number of aryl methyl sites for hydroxylation is 1. The molecule has 0 atom stereocenters. The van der Waals surface area contributed by atoms with Gasteiger partial charge in [-0.3, -0.25) is 10.8 Å². The van der Waals surface area contributed by atoms with Crippen LogP contribution in [0.3, 0.4) is 0 Å². The van der Waals surface area contributed by atoms with Crippen molar-refractivity contribution in [3.63, 3.8) is 0 Å². The third-order valence-electron chi connectivity index (χ3n) is 3.31. The number of esters is 1. The molecule has 2 rings (SSSR count). The van der Waals surface area contributed by atoms with Crippen molar-refractivity contribution in [1.29, 1.82) is 10.8 Å². The lowest BCUT2D eigenvalue weighted by molar-refractivity contribution is -0.135. The second-order valence-electron chi connectivity index (χ2n) is 4.69. The van der Waals surface area contributed by atoms with E-state index in [0.29, 0.717) is 12.1 Å². The van der Waals surface area contributed by atoms with Crippen molar-refractivity contribution >= 4 is 17.4 Å². The van der Waals surface area contributed by atoms with Crippen LogP contribution in [0.5, 0.6) is 0 Å². The van der Waals surface area contributed by atoms with Gasteiger partial charge in [0.15, 0.2) is 0 Å². The molecule has 1 aromatic carbocycles. The predicted octanol–water partition coefficient (Wildman–Crippen LogP) is 2.90. The number of hydrogen-bond acceptors (Lipinski definition) is 4. The fourth-order valence-corrected chi connectivity index (χ4v) is 2.34. The smallest absolute Gasteiger partial charge is 0.356 e. The first-order valence-corrected chi connectivity index (χ1v) is 6.77. The number of carbonyl (C=O) groups excluding carboxylic acids is 1. The zero-order chi connectivity index (χ0) is 14.5. The number of nitrogens with one attached hydrogen (secondary N) is 2. The largest absolute Gasteiger partial charge is 0.461 e. The summed E-state index contributed by atoms with van der Waals surface area (Å²) in [5.41, 5.74) is 3.00. The van der Waals surface area contributed by atoms with E-state index in [9.17, 15) is 4.79 Å². The minimum Gasteiger partial charge on any atom is -0.461 e. The molecular formula is C16H18N2O2. The number of carbonyl (C=O) groups is 1. The monoisotopic (exact) mass is 270 g/mol. The third kappa shape index (κ3) is 3.02. The van der Waals surface area contributed by atoms with Crippen molar-refractivity contribution in [1.82, 2.24) is 0 Å². The van der Waals surface area contributed by atoms with E-state index in [1.165, 1.54) is 6.08 Å². The second kappa shape index (κ2) is 6.28. The van der Waals surface area contributed by atoms with Crippen LogP contribution >= 0.6 is 0 Å². The normalized spacial score (nSPS) is 16.4. The molecule has 2 N–H and O–H groups in total. The van der Waals surface area contributed by atoms with Gasteiger partial charge in [-0.1, -0.05) is 24.3 Å². The van der Waals surface area contributed by atoms with Crippen LogP contribution in [0.4, 0.5) is 0 Å². The maximum Gasteiger partial charge on any atom is 0.356 e. The van der Waals surface area contributed by atoms with Gasteiger partial charge < -0.3 is 4.74 Å². The molecule has 1 aromatic rings. The van der Waals surface area contributed by atoms with Gasteiger partial charge in [-0.15, -0.1) is 0 Å². The van der Waals surface area contributed by atoms with Gasteiger partial charge in [0, 0.05) is 5.56 Å². The van der Waals surface area contributed by atoms with Gasteiger partial charge >= 0.3 is 5.97 Å². The molecule has 0 unspecified atom stereocenters. The molecule has 104 valence electrons. The van der Waals surface area contributed by atoms with E-state index < -0.39 is 5.97 Å². The van der Waals surface area contributed by atoms with Crippen LogP contribution in [0.25, 0.3) is 0 Å². The highest BCUT2D eigenvalue weighted by Gasteiger charge is 2.18. The summed E-state index contributed by atoms with van der Waals surface area (Å²) in [4.78, 5) is 11.5. The van der Waals surface area contributed by atoms with Crippen LogP contribution in [0, 0.1) is 10.8 Å². The molecule has 0 saturated carbocycles. The van der Waals surface area contributed by atoms with Gasteiger partial charge in [0.2, 0.25) is 0 Å². The summed E-state index contributed by atoms with van der Waals surface area (Å²) >= 11 is 0. The summed E-state index contributed by atoms with van der Waals surface area (Å²) in [6.07, 6.45) is 4.02. The molecular weight excluding hydrogens is 252 g/mol. The Morgan fingerprint density at radius 1 is 1.35 bits per heavy atom. The Hall–Kier alpha value is -2.23. The average Bonchev–Trinajstić information content (AvgIpc) is 2.60. The number of fused-ring (bicyclic) bond motifs is 1. The maximum absolute atomic E-state index is 11.5. The molecule has 0 aliphatic heterocycles. The van der Waals surface area contributed by atoms with Gasteiger partial charge in [-0.05, 0) is 43.4 Å². The van der Waals surface area contributed by atoms with E-state index in [0.717, 1.165) is 29.5 Å². The van der Waals surface area contributed by atoms with Crippen LogP contribution in [0.2, 0.25) is 0 Å². The Morgan fingerprint density at radius 3 is 2.85 bits per heavy atom. The predicted molar refractivity (Wildman–Crippen MR) is 78.7 cm³/mol. The van der Waals surface area contributed by atoms with Gasteiger partial charge in [0.1, 0.15) is 5.71 Å². The van der Waals surface area contributed by atoms with Gasteiger partial charge in [0.25, 0.3) is 0 Å². The first-order chi connectivity index (χ1) is 9.63. The average molecular weight is 270 g/mol. The highest BCUT2D eigenvalue weighted by Crippen LogP contribution is 2.24. The third-order valence-corrected chi connectivity index (χ3v) is 3.31. The Morgan fingerprint density at radius 2 is 2.10 bits per heavy atom. The van der Waals surface area contributed by atoms with Crippen molar-refractivity contribution < 1.29 is 9.53 Å². The van der Waals surface area contributed by atoms with E-state index in [1.54, 1.807) is 6.92 Å². The van der Waals surface area contributed by atoms with E-state index >= 15 is 0 Å². The molecule has 0 fully saturated rings. The Bertz CT molecular complexity index is 588. The number of ether oxygens (including phenoxy) is 1. The molecule has 0 radical (unpaired) electrons. The fourth-order valence-electron chi connectivity index (χ4n) is 2.34. The van der Waals surface area contributed by atoms with Crippen molar-refractivity contribution in [2.75, 3.05) is 6.61 Å². The number of hydrogen-bond donors (Lipinski definition) is 2. The molecule has 0 bridgehead atoms. The van der Waals surface area contributed by atoms with Crippen LogP contribution < -0.4 is 0 Å². The minimum absolute atomic E-state index is 0.189. The maximum atomic E-state index is 11.5. The molecule has 0 saturated heterocycles. The Labute approximate surface area is 118 Å². The van der Waals surface area contributed by atoms with Crippen molar-refractivity contribution in [3.8, 4) is 0 Å². The van der Waals surface area contributed by atoms with Gasteiger partial charge in [-0.25, -0.2) is 4.79 Å². The summed E-state index contributed by atoms with van der Waals surface area (Å²) in [6.45, 7) is 1.97. The molecule has 0 heterocycles. The zero-order valence-electron chi connectivity index (χ0n) is 11.5. The van der Waals surface area contributed by atoms with Crippen molar-refractivity contribution in [3.05, 3.63) is 47.0 Å². The lowest BCUT2D eigenvalue weighted by Gasteiger charge is -2.08. The van der Waals surface area contributed by atoms with E-state index in [2.05, 4.69) is 0 Å². The Balaban J connectivity index is 2.28. The van der Waals surface area contributed by atoms with Crippen LogP contribution in [0.1, 0.15) is 30.9 Å². The number of rotatable bonds is 3. The molecule has 0 aromatic heterocycles. The van der Waals surface area contributed by atoms with E-state index in [-0.39, 0.29) is 12.3 Å². The molecule has 20 heavy (non-hydrogen) atoms. The standard InChI is InChI=1S/C16H18N2O2/c1-2-20-16(19)14(17)10-12-8-5-7-11-6-3-4-9-13(11)15(12)18/h3-4,6,9-10,17-18H,2,5,7-8H2,1H3/b12-10-,17-14?,18-15?. The zero-order valence-corrected chi connectivity index (χ0v) is 11.5. The molecule has 1 aliphatic carbocycles. The first-order valence-electron chi connectivity index (χ1n) is 6.77. The van der Waals surface area contributed by atoms with Crippen molar-refractivity contribution in [2.45, 2.75) is 26.2 Å². The molecule has 4 heteroatoms. The second-order valence-corrected chi connectivity index (χ2v) is 4.69. The summed E-state index contributed by atoms with van der Waals surface area (Å²) in [5.74, 6) is -0.634. The van der Waals surface area contributed by atoms with Crippen molar-refractivity contribution in [2.24, 2.45) is 0 Å². The molecule has 1 aliphatic rings. The highest BCUT2D eigenvalue weighted by atomic mass is 16.5. The van der Waals surface area contributed by atoms with E-state index in [4.69, 9.17) is 15.6 Å². The summed E-state index contributed by atoms with van der Waals surface area (Å²) in [6, 6.07) is 7.84. The lowest BCUT2D eigenvalue weighted by atomic mass is 9.98. The van der Waals surface area contributed by atoms with Crippen LogP contribution in [-0.2, 0) is 16.0 Å². The molecule has 4 nitrogen and oxygen atoms in total. The van der Waals surface area contributed by atoms with E-state index in [1.807, 2.05) is 24.3 Å². The summed E-state index contributed by atoms with van der Waals surface area (Å²) in [5, 5.41) is 16.0. The van der Waals surface area contributed by atoms with Gasteiger partial charge in [0.05, 0.1) is 12.3 Å². The SMILES string of the molecule is CCOC(=O)C(=N)/C=C1/CCCc2ccccc2C1=N. The summed E-state index contributed by atoms with van der Waals surface area (Å²) < 4.78 is 4.80. The quantitative estimate of drug-likeness (QED) is 0.503. The summed E-state index contributed by atoms with van der Waals surface area (Å²) in [7, 11) is 0. The number of benzene rings is 1. The van der Waals surface area contributed by atoms with Gasteiger partial charge in [-0.2, -0.15) is 0 Å². The first kappa shape index (κ1) is 14.2. The lowest BCUT2D eigenvalue weighted by Crippen LogP contribution is -2.16.